The molecule has 0 aromatic rings. The monoisotopic (exact) mass is 185 g/mol. The van der Waals surface area contributed by atoms with Crippen LogP contribution in [0.3, 0.4) is 0 Å². The van der Waals surface area contributed by atoms with Crippen molar-refractivity contribution in [3.8, 4) is 0 Å². The highest BCUT2D eigenvalue weighted by atomic mass is 16.5. The van der Waals surface area contributed by atoms with Crippen LogP contribution in [0.1, 0.15) is 20.8 Å². The number of nitrogens with zero attached hydrogens (tertiary/aromatic N) is 1. The summed E-state index contributed by atoms with van der Waals surface area (Å²) in [4.78, 5) is 12.9. The molecule has 0 spiro atoms. The van der Waals surface area contributed by atoms with Gasteiger partial charge in [-0.05, 0) is 20.4 Å². The van der Waals surface area contributed by atoms with Gasteiger partial charge < -0.3 is 4.74 Å². The summed E-state index contributed by atoms with van der Waals surface area (Å²) in [6.07, 6.45) is 1.19. The van der Waals surface area contributed by atoms with E-state index in [2.05, 4.69) is 32.3 Å². The molecule has 0 unspecified atom stereocenters. The first-order chi connectivity index (χ1) is 6.11. The van der Waals surface area contributed by atoms with Crippen molar-refractivity contribution in [3.63, 3.8) is 0 Å². The normalized spacial score (nSPS) is 10.5. The van der Waals surface area contributed by atoms with Gasteiger partial charge >= 0.3 is 5.97 Å². The fourth-order valence-corrected chi connectivity index (χ4v) is 1.10. The Bertz CT molecular complexity index is 166. The van der Waals surface area contributed by atoms with Gasteiger partial charge in [0.1, 0.15) is 6.61 Å². The lowest BCUT2D eigenvalue weighted by Gasteiger charge is -2.23. The van der Waals surface area contributed by atoms with Gasteiger partial charge in [-0.25, -0.2) is 4.79 Å². The third-order valence-electron chi connectivity index (χ3n) is 1.93. The summed E-state index contributed by atoms with van der Waals surface area (Å²) in [5.74, 6) is -0.347. The molecule has 0 atom stereocenters. The van der Waals surface area contributed by atoms with E-state index >= 15 is 0 Å². The Balaban J connectivity index is 3.61. The van der Waals surface area contributed by atoms with Gasteiger partial charge in [0.2, 0.25) is 0 Å². The lowest BCUT2D eigenvalue weighted by Crippen LogP contribution is -2.34. The van der Waals surface area contributed by atoms with Crippen LogP contribution in [0.15, 0.2) is 12.7 Å². The Morgan fingerprint density at radius 1 is 1.62 bits per heavy atom. The zero-order valence-corrected chi connectivity index (χ0v) is 8.75. The molecule has 76 valence electrons. The molecule has 0 saturated heterocycles. The highest BCUT2D eigenvalue weighted by molar-refractivity contribution is 5.81. The predicted octanol–water partition coefficient (Wildman–Crippen LogP) is 1.45. The number of rotatable bonds is 6. The van der Waals surface area contributed by atoms with Crippen molar-refractivity contribution in [2.75, 3.05) is 19.7 Å². The molecule has 0 amide bonds. The Morgan fingerprint density at radius 2 is 2.23 bits per heavy atom. The summed E-state index contributed by atoms with van der Waals surface area (Å²) in [5.41, 5.74) is 0. The molecule has 0 bridgehead atoms. The standard InChI is InChI=1S/C10H19NO2/c1-5-10(12)13-8-7-11(6-2)9(3)4/h5,9H,1,6-8H2,2-4H3. The van der Waals surface area contributed by atoms with E-state index in [0.717, 1.165) is 13.1 Å². The summed E-state index contributed by atoms with van der Waals surface area (Å²) in [6, 6.07) is 0.493. The Kier molecular flexibility index (Phi) is 6.24. The average molecular weight is 185 g/mol. The largest absolute Gasteiger partial charge is 0.461 e. The van der Waals surface area contributed by atoms with E-state index in [0.29, 0.717) is 12.6 Å². The quantitative estimate of drug-likeness (QED) is 0.463. The third-order valence-corrected chi connectivity index (χ3v) is 1.93. The molecule has 0 aliphatic heterocycles. The second-order valence-electron chi connectivity index (χ2n) is 3.09. The van der Waals surface area contributed by atoms with Crippen LogP contribution in [0.4, 0.5) is 0 Å². The molecule has 0 heterocycles. The summed E-state index contributed by atoms with van der Waals surface area (Å²) in [5, 5.41) is 0. The molecule has 0 fully saturated rings. The van der Waals surface area contributed by atoms with Gasteiger partial charge in [0, 0.05) is 18.7 Å². The predicted molar refractivity (Wildman–Crippen MR) is 53.5 cm³/mol. The van der Waals surface area contributed by atoms with Crippen LogP contribution in [0, 0.1) is 0 Å². The van der Waals surface area contributed by atoms with Crippen molar-refractivity contribution in [1.82, 2.24) is 4.90 Å². The molecule has 13 heavy (non-hydrogen) atoms. The van der Waals surface area contributed by atoms with Crippen LogP contribution < -0.4 is 0 Å². The lowest BCUT2D eigenvalue weighted by atomic mass is 10.3. The first-order valence-electron chi connectivity index (χ1n) is 4.65. The Labute approximate surface area is 80.4 Å². The van der Waals surface area contributed by atoms with Crippen LogP contribution in [0.2, 0.25) is 0 Å². The van der Waals surface area contributed by atoms with Crippen molar-refractivity contribution < 1.29 is 9.53 Å². The van der Waals surface area contributed by atoms with Crippen molar-refractivity contribution in [1.29, 1.82) is 0 Å². The van der Waals surface area contributed by atoms with Crippen LogP contribution >= 0.6 is 0 Å². The topological polar surface area (TPSA) is 29.5 Å². The number of likely N-dealkylation sites (N-methyl/N-ethyl adjacent to an activating group) is 1. The second kappa shape index (κ2) is 6.66. The van der Waals surface area contributed by atoms with Crippen LogP contribution in [0.5, 0.6) is 0 Å². The molecule has 0 aromatic carbocycles. The highest BCUT2D eigenvalue weighted by Crippen LogP contribution is 1.96. The molecule has 3 nitrogen and oxygen atoms in total. The van der Waals surface area contributed by atoms with Crippen LogP contribution in [-0.4, -0.2) is 36.6 Å². The van der Waals surface area contributed by atoms with E-state index in [1.807, 2.05) is 0 Å². The van der Waals surface area contributed by atoms with E-state index in [1.54, 1.807) is 0 Å². The highest BCUT2D eigenvalue weighted by Gasteiger charge is 2.06. The number of hydrogen-bond acceptors (Lipinski definition) is 3. The van der Waals surface area contributed by atoms with Crippen molar-refractivity contribution in [2.45, 2.75) is 26.8 Å². The molecular weight excluding hydrogens is 166 g/mol. The summed E-state index contributed by atoms with van der Waals surface area (Å²) >= 11 is 0. The maximum absolute atomic E-state index is 10.7. The van der Waals surface area contributed by atoms with E-state index < -0.39 is 0 Å². The van der Waals surface area contributed by atoms with Gasteiger partial charge in [-0.3, -0.25) is 4.90 Å². The molecule has 0 aromatic heterocycles. The minimum Gasteiger partial charge on any atom is -0.461 e. The third kappa shape index (κ3) is 5.42. The maximum Gasteiger partial charge on any atom is 0.330 e. The average Bonchev–Trinajstić information content (AvgIpc) is 2.11. The SMILES string of the molecule is C=CC(=O)OCCN(CC)C(C)C. The van der Waals surface area contributed by atoms with Crippen LogP contribution in [0.25, 0.3) is 0 Å². The first kappa shape index (κ1) is 12.2. The number of carbonyl (C=O) groups is 1. The number of hydrogen-bond donors (Lipinski definition) is 0. The van der Waals surface area contributed by atoms with E-state index in [1.165, 1.54) is 6.08 Å². The zero-order chi connectivity index (χ0) is 10.3. The second-order valence-corrected chi connectivity index (χ2v) is 3.09. The Morgan fingerprint density at radius 3 is 2.62 bits per heavy atom. The number of esters is 1. The Hall–Kier alpha value is -0.830. The minimum atomic E-state index is -0.347. The van der Waals surface area contributed by atoms with E-state index in [4.69, 9.17) is 4.74 Å². The van der Waals surface area contributed by atoms with Crippen molar-refractivity contribution >= 4 is 5.97 Å². The number of carbonyl (C=O) groups excluding carboxylic acids is 1. The first-order valence-corrected chi connectivity index (χ1v) is 4.65. The van der Waals surface area contributed by atoms with E-state index in [9.17, 15) is 4.79 Å². The molecule has 0 aliphatic carbocycles. The van der Waals surface area contributed by atoms with Gasteiger partial charge in [-0.2, -0.15) is 0 Å². The molecule has 0 rings (SSSR count). The molecule has 0 radical (unpaired) electrons. The summed E-state index contributed by atoms with van der Waals surface area (Å²) in [6.45, 7) is 11.9. The molecule has 3 heteroatoms. The lowest BCUT2D eigenvalue weighted by molar-refractivity contribution is -0.138. The smallest absolute Gasteiger partial charge is 0.330 e. The fraction of sp³-hybridized carbons (Fsp3) is 0.700. The summed E-state index contributed by atoms with van der Waals surface area (Å²) < 4.78 is 4.88. The van der Waals surface area contributed by atoms with Gasteiger partial charge in [-0.1, -0.05) is 13.5 Å². The van der Waals surface area contributed by atoms with Gasteiger partial charge in [0.15, 0.2) is 0 Å². The molecule has 0 saturated carbocycles. The van der Waals surface area contributed by atoms with Gasteiger partial charge in [0.25, 0.3) is 0 Å². The fourth-order valence-electron chi connectivity index (χ4n) is 1.10. The number of ether oxygens (including phenoxy) is 1. The van der Waals surface area contributed by atoms with Crippen molar-refractivity contribution in [2.24, 2.45) is 0 Å². The van der Waals surface area contributed by atoms with Gasteiger partial charge in [0.05, 0.1) is 0 Å². The zero-order valence-electron chi connectivity index (χ0n) is 8.75. The van der Waals surface area contributed by atoms with Crippen LogP contribution in [-0.2, 0) is 9.53 Å². The maximum atomic E-state index is 10.7. The summed E-state index contributed by atoms with van der Waals surface area (Å²) in [7, 11) is 0. The molecule has 0 N–H and O–H groups in total. The van der Waals surface area contributed by atoms with Gasteiger partial charge in [-0.15, -0.1) is 0 Å². The van der Waals surface area contributed by atoms with E-state index in [-0.39, 0.29) is 5.97 Å². The minimum absolute atomic E-state index is 0.347. The molecular formula is C10H19NO2. The molecule has 0 aliphatic rings. The van der Waals surface area contributed by atoms with Crippen molar-refractivity contribution in [3.05, 3.63) is 12.7 Å².